The molecule has 7 heteroatoms. The molecule has 2 aromatic rings. The van der Waals surface area contributed by atoms with Gasteiger partial charge in [-0.05, 0) is 50.8 Å². The zero-order valence-corrected chi connectivity index (χ0v) is 17.8. The molecule has 2 heterocycles. The molecule has 1 spiro atoms. The molecule has 1 fully saturated rings. The first-order valence-electron chi connectivity index (χ1n) is 10.2. The van der Waals surface area contributed by atoms with Crippen molar-refractivity contribution in [3.63, 3.8) is 0 Å². The van der Waals surface area contributed by atoms with Crippen LogP contribution in [0.25, 0.3) is 0 Å². The van der Waals surface area contributed by atoms with E-state index in [1.807, 2.05) is 51.1 Å². The Morgan fingerprint density at radius 3 is 2.73 bits per heavy atom. The van der Waals surface area contributed by atoms with Crippen LogP contribution in [0.5, 0.6) is 0 Å². The van der Waals surface area contributed by atoms with E-state index in [2.05, 4.69) is 9.88 Å². The number of methoxy groups -OCH3 is 1. The summed E-state index contributed by atoms with van der Waals surface area (Å²) >= 11 is 0. The lowest BCUT2D eigenvalue weighted by Gasteiger charge is -2.22. The fourth-order valence-electron chi connectivity index (χ4n) is 5.02. The molecular weight excluding hydrogens is 382 g/mol. The van der Waals surface area contributed by atoms with E-state index in [9.17, 15) is 14.4 Å². The van der Waals surface area contributed by atoms with Crippen LogP contribution in [0.1, 0.15) is 52.3 Å². The van der Waals surface area contributed by atoms with Gasteiger partial charge in [0, 0.05) is 24.1 Å². The SMILES string of the molecule is COC[C@@H](C)n1c(C)cc(C(=O)CN2C(=O)N[C@@]3(CCc4ccccc43)C2=O)c1C. The van der Waals surface area contributed by atoms with E-state index in [1.165, 1.54) is 0 Å². The zero-order chi connectivity index (χ0) is 21.6. The number of carbonyl (C=O) groups is 3. The van der Waals surface area contributed by atoms with Gasteiger partial charge >= 0.3 is 6.03 Å². The summed E-state index contributed by atoms with van der Waals surface area (Å²) in [6.45, 7) is 6.11. The maximum absolute atomic E-state index is 13.3. The number of ether oxygens (including phenoxy) is 1. The lowest BCUT2D eigenvalue weighted by Crippen LogP contribution is -2.42. The van der Waals surface area contributed by atoms with Crippen LogP contribution >= 0.6 is 0 Å². The van der Waals surface area contributed by atoms with Crippen molar-refractivity contribution in [2.45, 2.75) is 45.2 Å². The van der Waals surface area contributed by atoms with Crippen LogP contribution in [-0.4, -0.2) is 47.4 Å². The van der Waals surface area contributed by atoms with E-state index in [0.29, 0.717) is 18.6 Å². The number of amides is 3. The summed E-state index contributed by atoms with van der Waals surface area (Å²) in [6, 6.07) is 9.06. The number of nitrogens with one attached hydrogen (secondary N) is 1. The van der Waals surface area contributed by atoms with Crippen LogP contribution in [-0.2, 0) is 21.5 Å². The quantitative estimate of drug-likeness (QED) is 0.588. The number of aromatic nitrogens is 1. The molecule has 1 saturated heterocycles. The lowest BCUT2D eigenvalue weighted by molar-refractivity contribution is -0.131. The fourth-order valence-corrected chi connectivity index (χ4v) is 5.02. The first-order chi connectivity index (χ1) is 14.3. The topological polar surface area (TPSA) is 80.6 Å². The number of hydrogen-bond donors (Lipinski definition) is 1. The van der Waals surface area contributed by atoms with Crippen molar-refractivity contribution >= 4 is 17.7 Å². The van der Waals surface area contributed by atoms with Gasteiger partial charge in [-0.15, -0.1) is 0 Å². The van der Waals surface area contributed by atoms with Crippen LogP contribution < -0.4 is 5.32 Å². The van der Waals surface area contributed by atoms with Gasteiger partial charge < -0.3 is 14.6 Å². The van der Waals surface area contributed by atoms with Crippen molar-refractivity contribution in [3.05, 3.63) is 58.4 Å². The summed E-state index contributed by atoms with van der Waals surface area (Å²) in [5.41, 5.74) is 3.15. The van der Waals surface area contributed by atoms with Gasteiger partial charge in [0.1, 0.15) is 5.54 Å². The normalized spacial score (nSPS) is 21.3. The molecule has 1 aliphatic heterocycles. The van der Waals surface area contributed by atoms with Crippen molar-refractivity contribution in [3.8, 4) is 0 Å². The highest BCUT2D eigenvalue weighted by Gasteiger charge is 2.55. The first kappa shape index (κ1) is 20.3. The van der Waals surface area contributed by atoms with Crippen molar-refractivity contribution in [1.82, 2.24) is 14.8 Å². The molecule has 0 bridgehead atoms. The molecule has 7 nitrogen and oxygen atoms in total. The molecule has 158 valence electrons. The molecule has 0 saturated carbocycles. The minimum atomic E-state index is -1.04. The summed E-state index contributed by atoms with van der Waals surface area (Å²) in [6.07, 6.45) is 1.24. The molecule has 0 unspecified atom stereocenters. The Kier molecular flexibility index (Phi) is 5.02. The van der Waals surface area contributed by atoms with Gasteiger partial charge in [0.05, 0.1) is 19.2 Å². The summed E-state index contributed by atoms with van der Waals surface area (Å²) in [5, 5.41) is 2.87. The second-order valence-corrected chi connectivity index (χ2v) is 8.27. The Morgan fingerprint density at radius 1 is 1.27 bits per heavy atom. The van der Waals surface area contributed by atoms with Crippen molar-refractivity contribution in [2.75, 3.05) is 20.3 Å². The van der Waals surface area contributed by atoms with Crippen LogP contribution in [0.3, 0.4) is 0 Å². The van der Waals surface area contributed by atoms with E-state index in [1.54, 1.807) is 7.11 Å². The Labute approximate surface area is 176 Å². The van der Waals surface area contributed by atoms with Crippen molar-refractivity contribution < 1.29 is 19.1 Å². The first-order valence-corrected chi connectivity index (χ1v) is 10.2. The molecule has 1 aromatic heterocycles. The molecule has 2 aliphatic rings. The van der Waals surface area contributed by atoms with E-state index in [0.717, 1.165) is 33.8 Å². The van der Waals surface area contributed by atoms with Gasteiger partial charge in [-0.1, -0.05) is 24.3 Å². The second kappa shape index (κ2) is 7.40. The van der Waals surface area contributed by atoms with E-state index in [-0.39, 0.29) is 24.3 Å². The summed E-state index contributed by atoms with van der Waals surface area (Å²) in [5.74, 6) is -0.585. The number of nitrogens with zero attached hydrogens (tertiary/aromatic N) is 2. The van der Waals surface area contributed by atoms with Crippen molar-refractivity contribution in [1.29, 1.82) is 0 Å². The minimum Gasteiger partial charge on any atom is -0.383 e. The largest absolute Gasteiger partial charge is 0.383 e. The molecule has 1 aromatic carbocycles. The van der Waals surface area contributed by atoms with E-state index < -0.39 is 11.6 Å². The molecular formula is C23H27N3O4. The number of aryl methyl sites for hydroxylation is 2. The number of hydrogen-bond acceptors (Lipinski definition) is 4. The van der Waals surface area contributed by atoms with E-state index in [4.69, 9.17) is 4.74 Å². The van der Waals surface area contributed by atoms with Crippen LogP contribution in [0.15, 0.2) is 30.3 Å². The molecule has 30 heavy (non-hydrogen) atoms. The van der Waals surface area contributed by atoms with E-state index >= 15 is 0 Å². The third-order valence-electron chi connectivity index (χ3n) is 6.36. The lowest BCUT2D eigenvalue weighted by atomic mass is 9.92. The molecule has 0 radical (unpaired) electrons. The summed E-state index contributed by atoms with van der Waals surface area (Å²) < 4.78 is 7.30. The number of carbonyl (C=O) groups excluding carboxylic acids is 3. The number of ketones is 1. The highest BCUT2D eigenvalue weighted by Crippen LogP contribution is 2.41. The second-order valence-electron chi connectivity index (χ2n) is 8.27. The number of rotatable bonds is 6. The Hall–Kier alpha value is -2.93. The zero-order valence-electron chi connectivity index (χ0n) is 17.8. The standard InChI is InChI=1S/C23H27N3O4/c1-14-11-18(16(3)26(14)15(2)13-30-4)20(27)12-25-21(28)23(24-22(25)29)10-9-17-7-5-6-8-19(17)23/h5-8,11,15H,9-10,12-13H2,1-4H3,(H,24,29)/t15-,23-/m1/s1. The van der Waals surface area contributed by atoms with Gasteiger partial charge in [-0.3, -0.25) is 14.5 Å². The van der Waals surface area contributed by atoms with Gasteiger partial charge in [0.15, 0.2) is 5.78 Å². The summed E-state index contributed by atoms with van der Waals surface area (Å²) in [7, 11) is 1.64. The number of benzene rings is 1. The molecule has 4 rings (SSSR count). The van der Waals surface area contributed by atoms with Gasteiger partial charge in [0.25, 0.3) is 5.91 Å². The number of urea groups is 1. The highest BCUT2D eigenvalue weighted by atomic mass is 16.5. The predicted octanol–water partition coefficient (Wildman–Crippen LogP) is 2.89. The average molecular weight is 409 g/mol. The average Bonchev–Trinajstić information content (AvgIpc) is 3.31. The van der Waals surface area contributed by atoms with Gasteiger partial charge in [-0.2, -0.15) is 0 Å². The fraction of sp³-hybridized carbons (Fsp3) is 0.435. The molecule has 3 amide bonds. The Morgan fingerprint density at radius 2 is 2.00 bits per heavy atom. The maximum Gasteiger partial charge on any atom is 0.325 e. The molecule has 1 N–H and O–H groups in total. The summed E-state index contributed by atoms with van der Waals surface area (Å²) in [4.78, 5) is 40.1. The van der Waals surface area contributed by atoms with Crippen LogP contribution in [0, 0.1) is 13.8 Å². The van der Waals surface area contributed by atoms with Gasteiger partial charge in [-0.25, -0.2) is 4.79 Å². The number of imide groups is 1. The van der Waals surface area contributed by atoms with Crippen LogP contribution in [0.4, 0.5) is 4.79 Å². The van der Waals surface area contributed by atoms with Crippen LogP contribution in [0.2, 0.25) is 0 Å². The van der Waals surface area contributed by atoms with Gasteiger partial charge in [0.2, 0.25) is 0 Å². The maximum atomic E-state index is 13.3. The highest BCUT2D eigenvalue weighted by molar-refractivity contribution is 6.12. The smallest absolute Gasteiger partial charge is 0.325 e. The predicted molar refractivity (Wildman–Crippen MR) is 112 cm³/mol. The Bertz CT molecular complexity index is 1040. The number of Topliss-reactive ketones (excluding diaryl/α,β-unsaturated/α-hetero) is 1. The van der Waals surface area contributed by atoms with Crippen molar-refractivity contribution in [2.24, 2.45) is 0 Å². The molecule has 2 atom stereocenters. The molecule has 1 aliphatic carbocycles. The third-order valence-corrected chi connectivity index (χ3v) is 6.36. The minimum absolute atomic E-state index is 0.0755. The number of fused-ring (bicyclic) bond motifs is 2. The Balaban J connectivity index is 1.59. The third kappa shape index (κ3) is 2.96. The monoisotopic (exact) mass is 409 g/mol.